The van der Waals surface area contributed by atoms with Crippen LogP contribution in [0.5, 0.6) is 0 Å². The number of hydrogen-bond acceptors (Lipinski definition) is 10. The Morgan fingerprint density at radius 2 is 1.37 bits per heavy atom. The van der Waals surface area contributed by atoms with E-state index in [0.717, 1.165) is 6.42 Å². The quantitative estimate of drug-likeness (QED) is 0.0311. The summed E-state index contributed by atoms with van der Waals surface area (Å²) < 4.78 is 0. The van der Waals surface area contributed by atoms with Crippen LogP contribution < -0.4 is 43.4 Å². The van der Waals surface area contributed by atoms with Crippen LogP contribution in [0.4, 0.5) is 0 Å². The molecule has 0 aromatic heterocycles. The van der Waals surface area contributed by atoms with E-state index in [-0.39, 0.29) is 56.4 Å². The van der Waals surface area contributed by atoms with Crippen molar-refractivity contribution in [1.29, 1.82) is 0 Å². The Kier molecular flexibility index (Phi) is 19.7. The molecule has 278 valence electrons. The van der Waals surface area contributed by atoms with Gasteiger partial charge < -0.3 is 53.6 Å². The molecule has 1 saturated heterocycles. The van der Waals surface area contributed by atoms with Crippen LogP contribution in [0.3, 0.4) is 0 Å². The maximum Gasteiger partial charge on any atom is 0.325 e. The van der Waals surface area contributed by atoms with E-state index in [1.54, 1.807) is 13.8 Å². The lowest BCUT2D eigenvalue weighted by Gasteiger charge is -2.27. The smallest absolute Gasteiger partial charge is 0.325 e. The zero-order chi connectivity index (χ0) is 37.1. The van der Waals surface area contributed by atoms with Crippen molar-refractivity contribution in [2.45, 2.75) is 108 Å². The Morgan fingerprint density at radius 1 is 0.816 bits per heavy atom. The number of rotatable bonds is 23. The average molecular weight is 716 g/mol. The van der Waals surface area contributed by atoms with Gasteiger partial charge in [0.1, 0.15) is 30.2 Å². The fourth-order valence-electron chi connectivity index (χ4n) is 4.89. The van der Waals surface area contributed by atoms with Crippen LogP contribution in [0.1, 0.15) is 72.1 Å². The lowest BCUT2D eigenvalue weighted by atomic mass is 10.0. The molecule has 18 nitrogen and oxygen atoms in total. The second-order valence-electron chi connectivity index (χ2n) is 12.3. The molecular formula is C30H53N9O9S. The maximum atomic E-state index is 13.6. The topological polar surface area (TPSA) is 297 Å². The number of nitrogens with one attached hydrogen (secondary N) is 6. The zero-order valence-corrected chi connectivity index (χ0v) is 29.4. The highest BCUT2D eigenvalue weighted by Crippen LogP contribution is 2.11. The first-order chi connectivity index (χ1) is 23.0. The van der Waals surface area contributed by atoms with Crippen molar-refractivity contribution in [2.24, 2.45) is 22.4 Å². The van der Waals surface area contributed by atoms with Crippen molar-refractivity contribution >= 4 is 59.2 Å². The first-order valence-corrected chi connectivity index (χ1v) is 17.7. The first-order valence-electron chi connectivity index (χ1n) is 16.3. The fraction of sp³-hybridized carbons (Fsp3) is 0.733. The Bertz CT molecular complexity index is 1180. The van der Waals surface area contributed by atoms with Crippen LogP contribution in [0.15, 0.2) is 4.99 Å². The van der Waals surface area contributed by atoms with Crippen LogP contribution in [0, 0.1) is 5.92 Å². The van der Waals surface area contributed by atoms with Gasteiger partial charge in [-0.25, -0.2) is 0 Å². The van der Waals surface area contributed by atoms with Gasteiger partial charge in [-0.1, -0.05) is 13.8 Å². The Morgan fingerprint density at radius 3 is 1.88 bits per heavy atom. The van der Waals surface area contributed by atoms with Gasteiger partial charge in [-0.3, -0.25) is 38.6 Å². The number of guanidine groups is 1. The van der Waals surface area contributed by atoms with Crippen LogP contribution in [-0.2, 0) is 33.6 Å². The van der Waals surface area contributed by atoms with Gasteiger partial charge >= 0.3 is 11.9 Å². The molecule has 1 heterocycles. The van der Waals surface area contributed by atoms with Gasteiger partial charge in [0.2, 0.25) is 29.5 Å². The summed E-state index contributed by atoms with van der Waals surface area (Å²) in [6.45, 7) is 5.65. The molecule has 0 radical (unpaired) electrons. The van der Waals surface area contributed by atoms with Gasteiger partial charge in [-0.2, -0.15) is 11.8 Å². The highest BCUT2D eigenvalue weighted by Gasteiger charge is 2.33. The van der Waals surface area contributed by atoms with Crippen molar-refractivity contribution in [3.05, 3.63) is 0 Å². The summed E-state index contributed by atoms with van der Waals surface area (Å²) in [5.74, 6) is -5.70. The minimum atomic E-state index is -1.38. The summed E-state index contributed by atoms with van der Waals surface area (Å²) in [6.07, 6.45) is 3.11. The Labute approximate surface area is 290 Å². The maximum absolute atomic E-state index is 13.6. The van der Waals surface area contributed by atoms with Gasteiger partial charge in [0, 0.05) is 13.0 Å². The van der Waals surface area contributed by atoms with Gasteiger partial charge in [0.15, 0.2) is 5.96 Å². The summed E-state index contributed by atoms with van der Waals surface area (Å²) in [6, 6.07) is -6.51. The first kappa shape index (κ1) is 42.9. The van der Waals surface area contributed by atoms with Crippen molar-refractivity contribution in [2.75, 3.05) is 25.1 Å². The average Bonchev–Trinajstić information content (AvgIpc) is 3.57. The van der Waals surface area contributed by atoms with E-state index in [4.69, 9.17) is 11.5 Å². The predicted molar refractivity (Wildman–Crippen MR) is 183 cm³/mol. The fourth-order valence-corrected chi connectivity index (χ4v) is 5.36. The molecule has 1 aliphatic heterocycles. The molecule has 1 fully saturated rings. The van der Waals surface area contributed by atoms with E-state index >= 15 is 0 Å². The minimum Gasteiger partial charge on any atom is -0.481 e. The van der Waals surface area contributed by atoms with Gasteiger partial charge in [0.05, 0.1) is 6.04 Å². The normalized spacial score (nSPS) is 17.0. The lowest BCUT2D eigenvalue weighted by molar-refractivity contribution is -0.142. The van der Waals surface area contributed by atoms with Gasteiger partial charge in [0.25, 0.3) is 0 Å². The van der Waals surface area contributed by atoms with E-state index in [0.29, 0.717) is 18.7 Å². The second kappa shape index (κ2) is 22.5. The number of amides is 5. The van der Waals surface area contributed by atoms with E-state index in [1.165, 1.54) is 18.7 Å². The SMILES string of the molecule is CSCC[C@H](NC(=O)[C@@H]1CCCN1)C(=O)N[C@@H](CCC(=O)O)C(=O)N[C@@H](CC(C)C)C(=O)N[C@@H](CCCN=C(N)N)C(=O)N[C@@H](C)C(=O)O. The van der Waals surface area contributed by atoms with E-state index < -0.39 is 78.2 Å². The van der Waals surface area contributed by atoms with Crippen molar-refractivity contribution in [3.63, 3.8) is 0 Å². The molecule has 0 aromatic carbocycles. The van der Waals surface area contributed by atoms with E-state index in [9.17, 15) is 43.8 Å². The molecule has 5 amide bonds. The number of nitrogens with zero attached hydrogens (tertiary/aromatic N) is 1. The molecule has 6 atom stereocenters. The molecule has 1 rings (SSSR count). The van der Waals surface area contributed by atoms with Crippen LogP contribution in [0.25, 0.3) is 0 Å². The third-order valence-corrected chi connectivity index (χ3v) is 8.19. The molecule has 49 heavy (non-hydrogen) atoms. The zero-order valence-electron chi connectivity index (χ0n) is 28.6. The van der Waals surface area contributed by atoms with Crippen LogP contribution >= 0.6 is 11.8 Å². The molecule has 0 aliphatic carbocycles. The number of carbonyl (C=O) groups is 7. The Balaban J connectivity index is 3.20. The largest absolute Gasteiger partial charge is 0.481 e. The highest BCUT2D eigenvalue weighted by atomic mass is 32.2. The van der Waals surface area contributed by atoms with Gasteiger partial charge in [-0.15, -0.1) is 0 Å². The molecule has 0 spiro atoms. The number of aliphatic imine (C=N–C) groups is 1. The number of nitrogens with two attached hydrogens (primary N) is 2. The lowest BCUT2D eigenvalue weighted by Crippen LogP contribution is -2.59. The van der Waals surface area contributed by atoms with Crippen LogP contribution in [-0.4, -0.2) is 119 Å². The summed E-state index contributed by atoms with van der Waals surface area (Å²) in [7, 11) is 0. The second-order valence-corrected chi connectivity index (χ2v) is 13.2. The Hall–Kier alpha value is -4.13. The standard InChI is InChI=1S/C30H53N9O9S/c1-16(2)15-22(28(46)36-19(8-6-13-34-30(31)32)25(43)35-17(3)29(47)48)39-26(44)20(9-10-23(40)41)37-27(45)21(11-14-49-4)38-24(42)18-7-5-12-33-18/h16-22,33H,5-15H2,1-4H3,(H,35,43)(H,36,46)(H,37,45)(H,38,42)(H,39,44)(H,40,41)(H,47,48)(H4,31,32,34)/t17-,18-,19-,20-,21-,22-/m0/s1. The summed E-state index contributed by atoms with van der Waals surface area (Å²) in [5, 5.41) is 34.4. The molecule has 0 bridgehead atoms. The number of carboxylic acids is 2. The molecule has 0 aromatic rings. The number of carboxylic acid groups (broad SMARTS) is 2. The highest BCUT2D eigenvalue weighted by molar-refractivity contribution is 7.98. The summed E-state index contributed by atoms with van der Waals surface area (Å²) in [5.41, 5.74) is 10.7. The van der Waals surface area contributed by atoms with E-state index in [1.807, 2.05) is 6.26 Å². The van der Waals surface area contributed by atoms with Crippen LogP contribution in [0.2, 0.25) is 0 Å². The molecule has 0 saturated carbocycles. The summed E-state index contributed by atoms with van der Waals surface area (Å²) in [4.78, 5) is 92.9. The molecule has 19 heteroatoms. The van der Waals surface area contributed by atoms with Crippen molar-refractivity contribution in [1.82, 2.24) is 31.9 Å². The van der Waals surface area contributed by atoms with Crippen molar-refractivity contribution in [3.8, 4) is 0 Å². The number of aliphatic carboxylic acids is 2. The number of thioether (sulfide) groups is 1. The predicted octanol–water partition coefficient (Wildman–Crippen LogP) is -2.02. The van der Waals surface area contributed by atoms with Gasteiger partial charge in [-0.05, 0) is 76.3 Å². The number of carbonyl (C=O) groups excluding carboxylic acids is 5. The molecule has 12 N–H and O–H groups in total. The molecule has 1 aliphatic rings. The monoisotopic (exact) mass is 715 g/mol. The minimum absolute atomic E-state index is 0.0276. The molecular weight excluding hydrogens is 662 g/mol. The third-order valence-electron chi connectivity index (χ3n) is 7.55. The van der Waals surface area contributed by atoms with E-state index in [2.05, 4.69) is 36.9 Å². The molecule has 0 unspecified atom stereocenters. The number of hydrogen-bond donors (Lipinski definition) is 10. The summed E-state index contributed by atoms with van der Waals surface area (Å²) >= 11 is 1.46. The third kappa shape index (κ3) is 17.2. The van der Waals surface area contributed by atoms with Crippen molar-refractivity contribution < 1.29 is 43.8 Å².